The molecule has 0 amide bonds. The highest BCUT2D eigenvalue weighted by Crippen LogP contribution is 2.70. The zero-order valence-electron chi connectivity index (χ0n) is 79.2. The highest BCUT2D eigenvalue weighted by molar-refractivity contribution is 5.84. The van der Waals surface area contributed by atoms with Crippen molar-refractivity contribution >= 4 is 23.1 Å². The molecule has 16 fully saturated rings. The van der Waals surface area contributed by atoms with E-state index in [0.29, 0.717) is 104 Å². The number of alkyl halides is 3. The molecule has 16 nitrogen and oxygen atoms in total. The summed E-state index contributed by atoms with van der Waals surface area (Å²) in [4.78, 5) is 69.0. The number of imidazole rings is 4. The SMILES string of the molecule is CC.CC.CC.CC.CC[C@@]1(O)CC[C@@H]2C3CC[C@@]4(C)C(CC[C@@H]4C(=O)Cn4ccnc4)C3CC[C@H]2C1.C[C@@]1(O)CC[C@@H]2C3CC[C@@]4(C)C(CC[C@@H]4C(=O)Cn4ccnc4)C3CC[C@H]2C1.C[C@]12CCC3C(CC[C@H]4C[C@@](O)(C(F)F)CC[C@H]34)C1CC[C@@H]2C(=O)Cn1ccnc1.C[C@]12CCC3C(CC[C@H]4C[C@@](O)(CF)CC[C@H]34)C1CC[C@@H]2C(=O)Cn1ccnc1. The third-order valence-electron chi connectivity index (χ3n) is 38.9. The average molecular weight is 1730 g/mol. The Balaban J connectivity index is 0.000000138. The van der Waals surface area contributed by atoms with Gasteiger partial charge in [-0.3, -0.25) is 19.2 Å². The van der Waals surface area contributed by atoms with Gasteiger partial charge < -0.3 is 38.7 Å². The van der Waals surface area contributed by atoms with Gasteiger partial charge in [0.25, 0.3) is 6.43 Å². The van der Waals surface area contributed by atoms with Crippen molar-refractivity contribution in [3.05, 3.63) is 74.9 Å². The molecule has 0 bridgehead atoms. The first-order chi connectivity index (χ1) is 59.6. The van der Waals surface area contributed by atoms with Gasteiger partial charge in [0.1, 0.15) is 12.3 Å². The molecule has 0 aliphatic heterocycles. The lowest BCUT2D eigenvalue weighted by Crippen LogP contribution is -2.53. The number of fused-ring (bicyclic) bond motifs is 20. The lowest BCUT2D eigenvalue weighted by Gasteiger charge is -2.57. The van der Waals surface area contributed by atoms with Crippen LogP contribution in [-0.2, 0) is 45.4 Å². The monoisotopic (exact) mass is 1730 g/mol. The first-order valence-electron chi connectivity index (χ1n) is 51.2. The molecular formula is C105H167F3N8O8. The number of aliphatic hydroxyl groups is 4. The molecule has 0 radical (unpaired) electrons. The van der Waals surface area contributed by atoms with Crippen LogP contribution in [0.5, 0.6) is 0 Å². The maximum absolute atomic E-state index is 13.4. The molecule has 16 saturated carbocycles. The largest absolute Gasteiger partial charge is 0.390 e. The topological polar surface area (TPSA) is 220 Å². The van der Waals surface area contributed by atoms with Crippen molar-refractivity contribution in [3.63, 3.8) is 0 Å². The number of carbonyl (C=O) groups is 4. The van der Waals surface area contributed by atoms with Crippen molar-refractivity contribution in [2.75, 3.05) is 6.67 Å². The van der Waals surface area contributed by atoms with Crippen molar-refractivity contribution < 1.29 is 52.8 Å². The van der Waals surface area contributed by atoms with E-state index in [9.17, 15) is 52.8 Å². The summed E-state index contributed by atoms with van der Waals surface area (Å²) in [6, 6.07) is 0. The minimum absolute atomic E-state index is 0.0735. The van der Waals surface area contributed by atoms with E-state index >= 15 is 0 Å². The van der Waals surface area contributed by atoms with Crippen LogP contribution in [0, 0.1) is 164 Å². The molecule has 20 rings (SSSR count). The van der Waals surface area contributed by atoms with Crippen LogP contribution in [0.2, 0.25) is 0 Å². The summed E-state index contributed by atoms with van der Waals surface area (Å²) in [6.45, 7) is 31.1. The summed E-state index contributed by atoms with van der Waals surface area (Å²) in [5.41, 5.74) is -3.05. The number of hydrogen-bond acceptors (Lipinski definition) is 12. The van der Waals surface area contributed by atoms with Crippen LogP contribution in [0.25, 0.3) is 0 Å². The van der Waals surface area contributed by atoms with Crippen LogP contribution in [0.3, 0.4) is 0 Å². The fraction of sp³-hybridized carbons (Fsp3) is 0.848. The zero-order chi connectivity index (χ0) is 89.1. The van der Waals surface area contributed by atoms with Crippen molar-refractivity contribution in [3.8, 4) is 0 Å². The van der Waals surface area contributed by atoms with E-state index < -0.39 is 35.5 Å². The molecule has 0 spiro atoms. The molecular weight excluding hydrogens is 1560 g/mol. The van der Waals surface area contributed by atoms with Gasteiger partial charge in [0.05, 0.1) is 68.3 Å². The molecule has 32 atom stereocenters. The first-order valence-corrected chi connectivity index (χ1v) is 51.2. The number of aromatic nitrogens is 8. The maximum atomic E-state index is 13.4. The summed E-state index contributed by atoms with van der Waals surface area (Å²) >= 11 is 0. The Hall–Kier alpha value is -4.85. The normalized spacial score (nSPS) is 43.8. The van der Waals surface area contributed by atoms with E-state index in [-0.39, 0.29) is 64.1 Å². The highest BCUT2D eigenvalue weighted by atomic mass is 19.3. The van der Waals surface area contributed by atoms with Gasteiger partial charge in [-0.1, -0.05) is 90.0 Å². The van der Waals surface area contributed by atoms with Gasteiger partial charge in [0.15, 0.2) is 23.1 Å². The van der Waals surface area contributed by atoms with E-state index in [4.69, 9.17) is 0 Å². The van der Waals surface area contributed by atoms with Gasteiger partial charge in [-0.15, -0.1) is 0 Å². The van der Waals surface area contributed by atoms with Crippen molar-refractivity contribution in [2.45, 2.75) is 390 Å². The third kappa shape index (κ3) is 19.2. The van der Waals surface area contributed by atoms with Crippen molar-refractivity contribution in [1.82, 2.24) is 38.2 Å². The molecule has 4 aromatic heterocycles. The highest BCUT2D eigenvalue weighted by Gasteiger charge is 2.65. The molecule has 4 heterocycles. The Morgan fingerprint density at radius 1 is 0.331 bits per heavy atom. The number of nitrogens with zero attached hydrogens (tertiary/aromatic N) is 8. The second kappa shape index (κ2) is 40.5. The van der Waals surface area contributed by atoms with E-state index in [1.165, 1.54) is 96.3 Å². The fourth-order valence-electron chi connectivity index (χ4n) is 33.4. The molecule has 696 valence electrons. The summed E-state index contributed by atoms with van der Waals surface area (Å²) in [5.74, 6) is 16.0. The number of halogens is 3. The van der Waals surface area contributed by atoms with Gasteiger partial charge in [-0.05, 0) is 385 Å². The van der Waals surface area contributed by atoms with Crippen molar-refractivity contribution in [2.24, 2.45) is 164 Å². The molecule has 124 heavy (non-hydrogen) atoms. The van der Waals surface area contributed by atoms with Gasteiger partial charge in [-0.25, -0.2) is 33.1 Å². The molecule has 16 aliphatic carbocycles. The van der Waals surface area contributed by atoms with Gasteiger partial charge in [0.2, 0.25) is 0 Å². The van der Waals surface area contributed by atoms with Crippen LogP contribution >= 0.6 is 0 Å². The van der Waals surface area contributed by atoms with Crippen LogP contribution in [-0.4, -0.2) is 117 Å². The number of rotatable bonds is 15. The average Bonchev–Trinajstić information content (AvgIpc) is 1.39. The molecule has 19 heteroatoms. The summed E-state index contributed by atoms with van der Waals surface area (Å²) in [7, 11) is 0. The van der Waals surface area contributed by atoms with Crippen LogP contribution < -0.4 is 0 Å². The summed E-state index contributed by atoms with van der Waals surface area (Å²) in [5, 5.41) is 42.3. The quantitative estimate of drug-likeness (QED) is 0.0873. The molecule has 0 aromatic carbocycles. The Labute approximate surface area is 744 Å². The number of hydrogen-bond donors (Lipinski definition) is 4. The summed E-state index contributed by atoms with van der Waals surface area (Å²) < 4.78 is 47.8. The Morgan fingerprint density at radius 3 is 0.879 bits per heavy atom. The van der Waals surface area contributed by atoms with E-state index in [1.54, 1.807) is 50.1 Å². The zero-order valence-corrected chi connectivity index (χ0v) is 79.2. The van der Waals surface area contributed by atoms with Gasteiger partial charge in [-0.2, -0.15) is 0 Å². The van der Waals surface area contributed by atoms with E-state index in [2.05, 4.69) is 54.6 Å². The van der Waals surface area contributed by atoms with Crippen LogP contribution in [0.1, 0.15) is 335 Å². The maximum Gasteiger partial charge on any atom is 0.266 e. The predicted molar refractivity (Wildman–Crippen MR) is 484 cm³/mol. The summed E-state index contributed by atoms with van der Waals surface area (Å²) in [6.07, 6.45) is 58.0. The minimum atomic E-state index is -2.64. The molecule has 12 unspecified atom stereocenters. The predicted octanol–water partition coefficient (Wildman–Crippen LogP) is 22.6. The molecule has 4 N–H and O–H groups in total. The number of Topliss-reactive ketones (excluding diaryl/α,β-unsaturated/α-hetero) is 4. The fourth-order valence-corrected chi connectivity index (χ4v) is 33.4. The van der Waals surface area contributed by atoms with Crippen molar-refractivity contribution in [1.29, 1.82) is 0 Å². The van der Waals surface area contributed by atoms with E-state index in [0.717, 1.165) is 187 Å². The number of carbonyl (C=O) groups excluding carboxylic acids is 4. The lowest BCUT2D eigenvalue weighted by atomic mass is 9.48. The minimum Gasteiger partial charge on any atom is -0.390 e. The third-order valence-corrected chi connectivity index (χ3v) is 38.9. The smallest absolute Gasteiger partial charge is 0.266 e. The molecule has 16 aliphatic rings. The lowest BCUT2D eigenvalue weighted by molar-refractivity contribution is -0.160. The Morgan fingerprint density at radius 2 is 0.597 bits per heavy atom. The van der Waals surface area contributed by atoms with Gasteiger partial charge >= 0.3 is 0 Å². The standard InChI is InChI=1S/C25H38N2O2.C24H34F2N2O2.C24H35FN2O2.C24H36N2O2.4C2H6/c1-3-25(29)11-9-18-17(14-25)4-5-20-19(18)8-10-24(2)21(20)6-7-22(24)23(28)15-27-13-12-26-16-27;1-23-8-6-17-16-7-9-24(30,22(25)26)12-15(16)2-3-18(17)19(23)4-5-20(23)21(29)13-28-11-10-27-14-28;1-23-8-6-18-17-7-9-24(29,14-25)12-16(17)2-3-19(18)20(23)4-5-21(23)22(28)13-27-11-10-26-15-27;1-23(28)9-7-17-16(13-23)3-4-19-18(17)8-10-24(2)20(19)5-6-21(24)22(27)14-26-12-11-25-15-26;4*1-2/h12-13,16-22,29H,3-11,14-15H2,1-2H3;10-11,14-20,22,30H,2-9,12-13H2,1H3;10-11,15-21,29H,2-9,12-14H2,1H3;11-12,15-21,28H,3-10,13-14H2,1-2H3;4*1-2H3/t17-,18-,19?,20?,21?,22+,24-,25+;15-,16-,17?,18?,19?,20+,23-,24+;16-,17-,18?,19?,20?,21+,23-,24+;16-,17-,18?,19?,20?,21+,23+,24-;;;;/m0000..../s1. The second-order valence-electron chi connectivity index (χ2n) is 44.1. The van der Waals surface area contributed by atoms with Crippen LogP contribution in [0.4, 0.5) is 13.2 Å². The molecule has 0 saturated heterocycles. The van der Waals surface area contributed by atoms with E-state index in [1.807, 2.05) is 105 Å². The number of ketones is 4. The molecule has 4 aromatic rings. The first kappa shape index (κ1) is 96.7. The Kier molecular flexibility index (Phi) is 31.6. The van der Waals surface area contributed by atoms with Gasteiger partial charge in [0, 0.05) is 73.2 Å². The Bertz CT molecular complexity index is 3900. The second-order valence-corrected chi connectivity index (χ2v) is 44.1. The van der Waals surface area contributed by atoms with Crippen LogP contribution in [0.15, 0.2) is 74.9 Å².